The third-order valence-corrected chi connectivity index (χ3v) is 4.68. The molecule has 1 fully saturated rings. The molecule has 20 heavy (non-hydrogen) atoms. The van der Waals surface area contributed by atoms with E-state index in [1.807, 2.05) is 0 Å². The average molecular weight is 276 g/mol. The maximum absolute atomic E-state index is 10.9. The molecule has 0 saturated carbocycles. The highest BCUT2D eigenvalue weighted by Crippen LogP contribution is 2.27. The van der Waals surface area contributed by atoms with Crippen LogP contribution in [0.4, 0.5) is 0 Å². The molecule has 1 aromatic carbocycles. The van der Waals surface area contributed by atoms with E-state index in [0.717, 1.165) is 25.2 Å². The molecule has 0 radical (unpaired) electrons. The van der Waals surface area contributed by atoms with Crippen LogP contribution in [0.2, 0.25) is 0 Å². The SMILES string of the molecule is Cc1cc(C)c(C(O)C2CN(C)CCCN2C)cc1C. The van der Waals surface area contributed by atoms with Crippen LogP contribution in [-0.4, -0.2) is 54.7 Å². The van der Waals surface area contributed by atoms with E-state index in [0.29, 0.717) is 0 Å². The Hall–Kier alpha value is -0.900. The van der Waals surface area contributed by atoms with Gasteiger partial charge < -0.3 is 10.0 Å². The number of rotatable bonds is 2. The second kappa shape index (κ2) is 6.25. The van der Waals surface area contributed by atoms with Crippen molar-refractivity contribution in [1.29, 1.82) is 0 Å². The quantitative estimate of drug-likeness (QED) is 0.898. The molecule has 1 aliphatic rings. The Labute approximate surface area is 123 Å². The first kappa shape index (κ1) is 15.5. The molecule has 1 aromatic rings. The standard InChI is InChI=1S/C17H28N2O/c1-12-9-14(3)15(10-13(12)2)17(20)16-11-18(4)7-6-8-19(16)5/h9-10,16-17,20H,6-8,11H2,1-5H3. The van der Waals surface area contributed by atoms with Gasteiger partial charge in [0.1, 0.15) is 0 Å². The second-order valence-corrected chi connectivity index (χ2v) is 6.40. The minimum absolute atomic E-state index is 0.170. The van der Waals surface area contributed by atoms with Crippen molar-refractivity contribution in [2.24, 2.45) is 0 Å². The molecule has 2 atom stereocenters. The van der Waals surface area contributed by atoms with Crippen LogP contribution in [0.3, 0.4) is 0 Å². The van der Waals surface area contributed by atoms with E-state index < -0.39 is 6.10 Å². The van der Waals surface area contributed by atoms with Gasteiger partial charge in [0.15, 0.2) is 0 Å². The summed E-state index contributed by atoms with van der Waals surface area (Å²) in [6.45, 7) is 9.43. The van der Waals surface area contributed by atoms with Gasteiger partial charge in [0.25, 0.3) is 0 Å². The number of likely N-dealkylation sites (N-methyl/N-ethyl adjacent to an activating group) is 2. The largest absolute Gasteiger partial charge is 0.387 e. The Morgan fingerprint density at radius 2 is 1.70 bits per heavy atom. The van der Waals surface area contributed by atoms with Gasteiger partial charge in [-0.2, -0.15) is 0 Å². The van der Waals surface area contributed by atoms with Crippen molar-refractivity contribution < 1.29 is 5.11 Å². The van der Waals surface area contributed by atoms with Crippen molar-refractivity contribution in [3.8, 4) is 0 Å². The zero-order valence-electron chi connectivity index (χ0n) is 13.5. The van der Waals surface area contributed by atoms with Gasteiger partial charge >= 0.3 is 0 Å². The Kier molecular flexibility index (Phi) is 4.84. The number of hydrogen-bond donors (Lipinski definition) is 1. The molecule has 3 heteroatoms. The molecule has 2 rings (SSSR count). The van der Waals surface area contributed by atoms with Crippen LogP contribution in [0.25, 0.3) is 0 Å². The van der Waals surface area contributed by atoms with Gasteiger partial charge in [-0.15, -0.1) is 0 Å². The summed E-state index contributed by atoms with van der Waals surface area (Å²) in [5.74, 6) is 0. The van der Waals surface area contributed by atoms with Crippen LogP contribution in [0.5, 0.6) is 0 Å². The van der Waals surface area contributed by atoms with Crippen LogP contribution in [0, 0.1) is 20.8 Å². The van der Waals surface area contributed by atoms with Crippen LogP contribution in [0.15, 0.2) is 12.1 Å². The molecule has 1 aliphatic heterocycles. The molecule has 1 N–H and O–H groups in total. The monoisotopic (exact) mass is 276 g/mol. The van der Waals surface area contributed by atoms with Crippen molar-refractivity contribution in [3.05, 3.63) is 34.4 Å². The molecule has 1 heterocycles. The fourth-order valence-electron chi connectivity index (χ4n) is 3.16. The lowest BCUT2D eigenvalue weighted by Gasteiger charge is -2.32. The van der Waals surface area contributed by atoms with Gasteiger partial charge in [0.05, 0.1) is 12.1 Å². The van der Waals surface area contributed by atoms with E-state index in [2.05, 4.69) is 56.8 Å². The summed E-state index contributed by atoms with van der Waals surface area (Å²) in [5, 5.41) is 10.9. The summed E-state index contributed by atoms with van der Waals surface area (Å²) < 4.78 is 0. The summed E-state index contributed by atoms with van der Waals surface area (Å²) in [7, 11) is 4.27. The van der Waals surface area contributed by atoms with Crippen molar-refractivity contribution in [2.75, 3.05) is 33.7 Å². The van der Waals surface area contributed by atoms with E-state index in [1.165, 1.54) is 23.1 Å². The molecule has 2 unspecified atom stereocenters. The molecular formula is C17H28N2O. The maximum Gasteiger partial charge on any atom is 0.0960 e. The predicted octanol–water partition coefficient (Wildman–Crippen LogP) is 2.28. The van der Waals surface area contributed by atoms with E-state index in [9.17, 15) is 5.11 Å². The van der Waals surface area contributed by atoms with Gasteiger partial charge in [-0.25, -0.2) is 0 Å². The van der Waals surface area contributed by atoms with Gasteiger partial charge in [-0.3, -0.25) is 4.90 Å². The molecule has 0 amide bonds. The van der Waals surface area contributed by atoms with E-state index in [4.69, 9.17) is 0 Å². The topological polar surface area (TPSA) is 26.7 Å². The Morgan fingerprint density at radius 1 is 1.05 bits per heavy atom. The van der Waals surface area contributed by atoms with Crippen molar-refractivity contribution in [2.45, 2.75) is 39.3 Å². The summed E-state index contributed by atoms with van der Waals surface area (Å²) >= 11 is 0. The number of benzene rings is 1. The Balaban J connectivity index is 2.29. The Bertz CT molecular complexity index is 472. The molecule has 0 aliphatic carbocycles. The minimum Gasteiger partial charge on any atom is -0.387 e. The van der Waals surface area contributed by atoms with Gasteiger partial charge in [0, 0.05) is 6.54 Å². The third kappa shape index (κ3) is 3.22. The Morgan fingerprint density at radius 3 is 2.40 bits per heavy atom. The highest BCUT2D eigenvalue weighted by Gasteiger charge is 2.29. The maximum atomic E-state index is 10.9. The predicted molar refractivity (Wildman–Crippen MR) is 84.1 cm³/mol. The van der Waals surface area contributed by atoms with Crippen molar-refractivity contribution in [3.63, 3.8) is 0 Å². The molecular weight excluding hydrogens is 248 g/mol. The van der Waals surface area contributed by atoms with Gasteiger partial charge in [-0.1, -0.05) is 12.1 Å². The lowest BCUT2D eigenvalue weighted by molar-refractivity contribution is 0.0568. The highest BCUT2D eigenvalue weighted by atomic mass is 16.3. The summed E-state index contributed by atoms with van der Waals surface area (Å²) in [4.78, 5) is 4.64. The number of aryl methyl sites for hydroxylation is 3. The van der Waals surface area contributed by atoms with Crippen LogP contribution in [-0.2, 0) is 0 Å². The number of hydrogen-bond acceptors (Lipinski definition) is 3. The molecule has 0 spiro atoms. The van der Waals surface area contributed by atoms with Crippen molar-refractivity contribution in [1.82, 2.24) is 9.80 Å². The highest BCUT2D eigenvalue weighted by molar-refractivity contribution is 5.38. The normalized spacial score (nSPS) is 23.6. The minimum atomic E-state index is -0.417. The van der Waals surface area contributed by atoms with Crippen LogP contribution >= 0.6 is 0 Å². The number of nitrogens with zero attached hydrogens (tertiary/aromatic N) is 2. The lowest BCUT2D eigenvalue weighted by atomic mass is 9.93. The average Bonchev–Trinajstić information content (AvgIpc) is 2.55. The van der Waals surface area contributed by atoms with Gasteiger partial charge in [-0.05, 0) is 76.6 Å². The zero-order valence-corrected chi connectivity index (χ0v) is 13.5. The number of aliphatic hydroxyl groups is 1. The first-order chi connectivity index (χ1) is 9.40. The molecule has 0 bridgehead atoms. The first-order valence-corrected chi connectivity index (χ1v) is 7.54. The van der Waals surface area contributed by atoms with Crippen LogP contribution in [0.1, 0.15) is 34.8 Å². The molecule has 3 nitrogen and oxygen atoms in total. The second-order valence-electron chi connectivity index (χ2n) is 6.40. The van der Waals surface area contributed by atoms with Crippen LogP contribution < -0.4 is 0 Å². The van der Waals surface area contributed by atoms with E-state index in [1.54, 1.807) is 0 Å². The summed E-state index contributed by atoms with van der Waals surface area (Å²) in [5.41, 5.74) is 4.83. The zero-order chi connectivity index (χ0) is 14.9. The first-order valence-electron chi connectivity index (χ1n) is 7.54. The van der Waals surface area contributed by atoms with Gasteiger partial charge in [0.2, 0.25) is 0 Å². The summed E-state index contributed by atoms with van der Waals surface area (Å²) in [6, 6.07) is 4.52. The lowest BCUT2D eigenvalue weighted by Crippen LogP contribution is -2.42. The third-order valence-electron chi connectivity index (χ3n) is 4.68. The summed E-state index contributed by atoms with van der Waals surface area (Å²) in [6.07, 6.45) is 0.752. The fraction of sp³-hybridized carbons (Fsp3) is 0.647. The fourth-order valence-corrected chi connectivity index (χ4v) is 3.16. The van der Waals surface area contributed by atoms with E-state index >= 15 is 0 Å². The van der Waals surface area contributed by atoms with Crippen molar-refractivity contribution >= 4 is 0 Å². The smallest absolute Gasteiger partial charge is 0.0960 e. The van der Waals surface area contributed by atoms with E-state index in [-0.39, 0.29) is 6.04 Å². The number of aliphatic hydroxyl groups excluding tert-OH is 1. The molecule has 112 valence electrons. The molecule has 0 aromatic heterocycles. The molecule has 1 saturated heterocycles.